The molecule has 0 aliphatic carbocycles. The Morgan fingerprint density at radius 3 is 2.31 bits per heavy atom. The molecule has 0 saturated heterocycles. The van der Waals surface area contributed by atoms with E-state index in [1.807, 2.05) is 37.3 Å². The standard InChI is InChI=1S/C23H21FN2O2S/c1-15(17-6-4-3-5-7-17)25-23(28)18-8-13-22(21(14-18)26-16(2)27)29-20-11-9-19(24)10-12-20/h3-15H,1-2H3,(H,25,28)(H,26,27)/t15-/m1/s1. The number of hydrogen-bond donors (Lipinski definition) is 2. The molecule has 3 aromatic rings. The first kappa shape index (κ1) is 20.6. The molecule has 1 atom stereocenters. The van der Waals surface area contributed by atoms with E-state index in [-0.39, 0.29) is 23.7 Å². The van der Waals surface area contributed by atoms with E-state index >= 15 is 0 Å². The molecule has 3 rings (SSSR count). The molecular weight excluding hydrogens is 387 g/mol. The molecule has 4 nitrogen and oxygen atoms in total. The van der Waals surface area contributed by atoms with Crippen molar-refractivity contribution in [3.63, 3.8) is 0 Å². The van der Waals surface area contributed by atoms with Crippen molar-refractivity contribution in [2.45, 2.75) is 29.7 Å². The zero-order valence-electron chi connectivity index (χ0n) is 16.1. The van der Waals surface area contributed by atoms with Crippen molar-refractivity contribution in [3.05, 3.63) is 89.7 Å². The Bertz CT molecular complexity index is 1010. The molecule has 2 amide bonds. The molecule has 0 saturated carbocycles. The maximum Gasteiger partial charge on any atom is 0.251 e. The molecule has 0 unspecified atom stereocenters. The summed E-state index contributed by atoms with van der Waals surface area (Å²) in [5.74, 6) is -0.775. The Hall–Kier alpha value is -3.12. The molecule has 148 valence electrons. The zero-order valence-corrected chi connectivity index (χ0v) is 16.9. The van der Waals surface area contributed by atoms with E-state index in [1.165, 1.54) is 30.8 Å². The van der Waals surface area contributed by atoms with E-state index < -0.39 is 0 Å². The van der Waals surface area contributed by atoms with Crippen molar-refractivity contribution in [1.29, 1.82) is 0 Å². The molecule has 0 spiro atoms. The number of carbonyl (C=O) groups is 2. The number of rotatable bonds is 6. The summed E-state index contributed by atoms with van der Waals surface area (Å²) in [7, 11) is 0. The number of carbonyl (C=O) groups excluding carboxylic acids is 2. The Balaban J connectivity index is 1.81. The van der Waals surface area contributed by atoms with Gasteiger partial charge >= 0.3 is 0 Å². The third-order valence-electron chi connectivity index (χ3n) is 4.24. The van der Waals surface area contributed by atoms with Crippen molar-refractivity contribution in [2.24, 2.45) is 0 Å². The van der Waals surface area contributed by atoms with E-state index in [9.17, 15) is 14.0 Å². The first-order valence-electron chi connectivity index (χ1n) is 9.13. The molecule has 29 heavy (non-hydrogen) atoms. The highest BCUT2D eigenvalue weighted by atomic mass is 32.2. The summed E-state index contributed by atoms with van der Waals surface area (Å²) in [6.45, 7) is 3.33. The van der Waals surface area contributed by atoms with Crippen LogP contribution in [-0.4, -0.2) is 11.8 Å². The maximum atomic E-state index is 13.1. The Morgan fingerprint density at radius 1 is 0.966 bits per heavy atom. The number of nitrogens with one attached hydrogen (secondary N) is 2. The van der Waals surface area contributed by atoms with Crippen LogP contribution in [0.25, 0.3) is 0 Å². The molecule has 6 heteroatoms. The first-order chi connectivity index (χ1) is 13.9. The van der Waals surface area contributed by atoms with Gasteiger partial charge in [0.15, 0.2) is 0 Å². The number of amides is 2. The SMILES string of the molecule is CC(=O)Nc1cc(C(=O)N[C@H](C)c2ccccc2)ccc1Sc1ccc(F)cc1. The normalized spacial score (nSPS) is 11.6. The Morgan fingerprint density at radius 2 is 1.66 bits per heavy atom. The lowest BCUT2D eigenvalue weighted by atomic mass is 10.1. The van der Waals surface area contributed by atoms with Crippen molar-refractivity contribution in [3.8, 4) is 0 Å². The van der Waals surface area contributed by atoms with Crippen LogP contribution in [-0.2, 0) is 4.79 Å². The maximum absolute atomic E-state index is 13.1. The summed E-state index contributed by atoms with van der Waals surface area (Å²) in [6, 6.07) is 20.8. The van der Waals surface area contributed by atoms with Gasteiger partial charge in [-0.1, -0.05) is 42.1 Å². The minimum Gasteiger partial charge on any atom is -0.346 e. The van der Waals surface area contributed by atoms with Crippen molar-refractivity contribution in [2.75, 3.05) is 5.32 Å². The lowest BCUT2D eigenvalue weighted by Crippen LogP contribution is -2.26. The second-order valence-corrected chi connectivity index (χ2v) is 7.67. The highest BCUT2D eigenvalue weighted by Crippen LogP contribution is 2.34. The molecule has 0 aromatic heterocycles. The van der Waals surface area contributed by atoms with Gasteiger partial charge in [-0.3, -0.25) is 9.59 Å². The second kappa shape index (κ2) is 9.39. The van der Waals surface area contributed by atoms with Crippen LogP contribution in [0.1, 0.15) is 35.8 Å². The summed E-state index contributed by atoms with van der Waals surface area (Å²) in [5.41, 5.74) is 1.98. The van der Waals surface area contributed by atoms with Gasteiger partial charge in [-0.2, -0.15) is 0 Å². The van der Waals surface area contributed by atoms with Gasteiger partial charge in [0.2, 0.25) is 5.91 Å². The third-order valence-corrected chi connectivity index (χ3v) is 5.32. The van der Waals surface area contributed by atoms with Crippen molar-refractivity contribution in [1.82, 2.24) is 5.32 Å². The van der Waals surface area contributed by atoms with E-state index in [4.69, 9.17) is 0 Å². The van der Waals surface area contributed by atoms with E-state index in [0.717, 1.165) is 15.4 Å². The van der Waals surface area contributed by atoms with E-state index in [2.05, 4.69) is 10.6 Å². The van der Waals surface area contributed by atoms with Gasteiger partial charge in [0.1, 0.15) is 5.82 Å². The summed E-state index contributed by atoms with van der Waals surface area (Å²) in [6.07, 6.45) is 0. The monoisotopic (exact) mass is 408 g/mol. The highest BCUT2D eigenvalue weighted by Gasteiger charge is 2.14. The molecule has 0 aliphatic heterocycles. The fourth-order valence-electron chi connectivity index (χ4n) is 2.78. The number of anilines is 1. The minimum atomic E-state index is -0.309. The summed E-state index contributed by atoms with van der Waals surface area (Å²) >= 11 is 1.38. The average molecular weight is 408 g/mol. The molecule has 0 heterocycles. The van der Waals surface area contributed by atoms with Crippen LogP contribution in [0.4, 0.5) is 10.1 Å². The van der Waals surface area contributed by atoms with Crippen LogP contribution >= 0.6 is 11.8 Å². The number of benzene rings is 3. The highest BCUT2D eigenvalue weighted by molar-refractivity contribution is 7.99. The summed E-state index contributed by atoms with van der Waals surface area (Å²) in [4.78, 5) is 25.9. The lowest BCUT2D eigenvalue weighted by Gasteiger charge is -2.16. The van der Waals surface area contributed by atoms with Gasteiger partial charge < -0.3 is 10.6 Å². The molecular formula is C23H21FN2O2S. The number of halogens is 1. The average Bonchev–Trinajstić information content (AvgIpc) is 2.71. The molecule has 2 N–H and O–H groups in total. The Labute approximate surface area is 173 Å². The van der Waals surface area contributed by atoms with Gasteiger partial charge in [0, 0.05) is 22.3 Å². The zero-order chi connectivity index (χ0) is 20.8. The van der Waals surface area contributed by atoms with E-state index in [0.29, 0.717) is 11.3 Å². The molecule has 3 aromatic carbocycles. The largest absolute Gasteiger partial charge is 0.346 e. The first-order valence-corrected chi connectivity index (χ1v) is 9.95. The predicted molar refractivity (Wildman–Crippen MR) is 114 cm³/mol. The minimum absolute atomic E-state index is 0.152. The Kier molecular flexibility index (Phi) is 6.67. The topological polar surface area (TPSA) is 58.2 Å². The van der Waals surface area contributed by atoms with Gasteiger partial charge in [0.25, 0.3) is 5.91 Å². The molecule has 0 bridgehead atoms. The van der Waals surface area contributed by atoms with Gasteiger partial charge in [-0.05, 0) is 55.0 Å². The second-order valence-electron chi connectivity index (χ2n) is 6.55. The smallest absolute Gasteiger partial charge is 0.251 e. The van der Waals surface area contributed by atoms with Crippen LogP contribution in [0.5, 0.6) is 0 Å². The predicted octanol–water partition coefficient (Wildman–Crippen LogP) is 5.43. The molecule has 0 fully saturated rings. The van der Waals surface area contributed by atoms with Crippen LogP contribution < -0.4 is 10.6 Å². The van der Waals surface area contributed by atoms with Crippen molar-refractivity contribution < 1.29 is 14.0 Å². The van der Waals surface area contributed by atoms with Crippen molar-refractivity contribution >= 4 is 29.3 Å². The van der Waals surface area contributed by atoms with E-state index in [1.54, 1.807) is 30.3 Å². The fraction of sp³-hybridized carbons (Fsp3) is 0.130. The van der Waals surface area contributed by atoms with Gasteiger partial charge in [-0.15, -0.1) is 0 Å². The van der Waals surface area contributed by atoms with Crippen LogP contribution in [0.2, 0.25) is 0 Å². The summed E-state index contributed by atoms with van der Waals surface area (Å²) < 4.78 is 13.1. The number of hydrogen-bond acceptors (Lipinski definition) is 3. The van der Waals surface area contributed by atoms with Gasteiger partial charge in [-0.25, -0.2) is 4.39 Å². The third kappa shape index (κ3) is 5.68. The fourth-order valence-corrected chi connectivity index (χ4v) is 3.66. The van der Waals surface area contributed by atoms with Crippen LogP contribution in [0.15, 0.2) is 82.6 Å². The quantitative estimate of drug-likeness (QED) is 0.572. The molecule has 0 aliphatic rings. The van der Waals surface area contributed by atoms with Crippen LogP contribution in [0, 0.1) is 5.82 Å². The molecule has 0 radical (unpaired) electrons. The lowest BCUT2D eigenvalue weighted by molar-refractivity contribution is -0.114. The summed E-state index contributed by atoms with van der Waals surface area (Å²) in [5, 5.41) is 5.74. The van der Waals surface area contributed by atoms with Crippen LogP contribution in [0.3, 0.4) is 0 Å². The van der Waals surface area contributed by atoms with Gasteiger partial charge in [0.05, 0.1) is 11.7 Å².